The molecule has 0 spiro atoms. The molecule has 0 aliphatic carbocycles. The van der Waals surface area contributed by atoms with Gasteiger partial charge in [-0.2, -0.15) is 0 Å². The number of alkyl halides is 2. The van der Waals surface area contributed by atoms with Crippen LogP contribution in [0.3, 0.4) is 0 Å². The molecule has 3 aromatic rings. The molecule has 144 valence electrons. The molecule has 0 bridgehead atoms. The van der Waals surface area contributed by atoms with Crippen LogP contribution in [0.5, 0.6) is 17.5 Å². The van der Waals surface area contributed by atoms with E-state index in [1.54, 1.807) is 6.92 Å². The maximum Gasteiger partial charge on any atom is 0.586 e. The predicted molar refractivity (Wildman–Crippen MR) is 89.1 cm³/mol. The van der Waals surface area contributed by atoms with Crippen molar-refractivity contribution in [1.82, 2.24) is 9.97 Å². The standard InChI is InChI=1S/C19H12F4N2O3/c1-10-5-16-17(28-19(22,23)27-16)6-12(10)11-7-24-18(25-8-11)26-9-13-14(20)3-2-4-15(13)21/h2-8H,9H2,1H3. The molecule has 0 unspecified atom stereocenters. The number of hydrogen-bond acceptors (Lipinski definition) is 5. The van der Waals surface area contributed by atoms with E-state index < -0.39 is 17.9 Å². The van der Waals surface area contributed by atoms with Crippen LogP contribution in [0, 0.1) is 18.6 Å². The molecule has 28 heavy (non-hydrogen) atoms. The number of benzene rings is 2. The van der Waals surface area contributed by atoms with Crippen LogP contribution in [0.4, 0.5) is 17.6 Å². The fourth-order valence-electron chi connectivity index (χ4n) is 2.75. The van der Waals surface area contributed by atoms with Crippen LogP contribution in [0.2, 0.25) is 0 Å². The van der Waals surface area contributed by atoms with Gasteiger partial charge in [0.1, 0.15) is 18.2 Å². The third-order valence-electron chi connectivity index (χ3n) is 4.09. The smallest absolute Gasteiger partial charge is 0.458 e. The van der Waals surface area contributed by atoms with Gasteiger partial charge in [-0.15, -0.1) is 8.78 Å². The summed E-state index contributed by atoms with van der Waals surface area (Å²) in [6.07, 6.45) is -0.894. The van der Waals surface area contributed by atoms with Gasteiger partial charge in [0.2, 0.25) is 0 Å². The van der Waals surface area contributed by atoms with Gasteiger partial charge in [0, 0.05) is 18.0 Å². The van der Waals surface area contributed by atoms with Crippen LogP contribution in [-0.4, -0.2) is 16.3 Å². The third kappa shape index (κ3) is 3.42. The van der Waals surface area contributed by atoms with Crippen LogP contribution in [0.15, 0.2) is 42.7 Å². The van der Waals surface area contributed by atoms with Gasteiger partial charge < -0.3 is 14.2 Å². The number of aryl methyl sites for hydroxylation is 1. The summed E-state index contributed by atoms with van der Waals surface area (Å²) < 4.78 is 67.7. The molecule has 1 aliphatic rings. The van der Waals surface area contributed by atoms with E-state index >= 15 is 0 Å². The van der Waals surface area contributed by atoms with Gasteiger partial charge in [0.05, 0.1) is 5.56 Å². The normalized spacial score (nSPS) is 14.2. The lowest BCUT2D eigenvalue weighted by molar-refractivity contribution is -0.286. The highest BCUT2D eigenvalue weighted by molar-refractivity contribution is 5.70. The Morgan fingerprint density at radius 3 is 2.25 bits per heavy atom. The van der Waals surface area contributed by atoms with Gasteiger partial charge >= 0.3 is 12.3 Å². The SMILES string of the molecule is Cc1cc2c(cc1-c1cnc(OCc3c(F)cccc3F)nc1)OC(F)(F)O2. The van der Waals surface area contributed by atoms with Crippen LogP contribution in [-0.2, 0) is 6.61 Å². The van der Waals surface area contributed by atoms with Gasteiger partial charge in [0.15, 0.2) is 11.5 Å². The Hall–Kier alpha value is -3.36. The van der Waals surface area contributed by atoms with Crippen LogP contribution in [0.1, 0.15) is 11.1 Å². The minimum atomic E-state index is -3.70. The van der Waals surface area contributed by atoms with Crippen molar-refractivity contribution in [3.63, 3.8) is 0 Å². The van der Waals surface area contributed by atoms with E-state index in [4.69, 9.17) is 4.74 Å². The van der Waals surface area contributed by atoms with Crippen LogP contribution < -0.4 is 14.2 Å². The number of halogens is 4. The third-order valence-corrected chi connectivity index (χ3v) is 4.09. The molecule has 1 aliphatic heterocycles. The Morgan fingerprint density at radius 1 is 1.00 bits per heavy atom. The van der Waals surface area contributed by atoms with Gasteiger partial charge in [-0.1, -0.05) is 6.07 Å². The van der Waals surface area contributed by atoms with E-state index in [1.807, 2.05) is 0 Å². The second-order valence-electron chi connectivity index (χ2n) is 6.02. The second kappa shape index (κ2) is 6.66. The summed E-state index contributed by atoms with van der Waals surface area (Å²) in [5.41, 5.74) is 1.49. The summed E-state index contributed by atoms with van der Waals surface area (Å²) in [4.78, 5) is 7.99. The monoisotopic (exact) mass is 392 g/mol. The quantitative estimate of drug-likeness (QED) is 0.606. The Labute approximate surface area is 156 Å². The Kier molecular flexibility index (Phi) is 4.29. The summed E-state index contributed by atoms with van der Waals surface area (Å²) in [5.74, 6) is -1.62. The molecule has 2 heterocycles. The van der Waals surface area contributed by atoms with E-state index in [9.17, 15) is 17.6 Å². The van der Waals surface area contributed by atoms with Crippen molar-refractivity contribution in [3.8, 4) is 28.6 Å². The molecule has 0 N–H and O–H groups in total. The minimum Gasteiger partial charge on any atom is -0.458 e. The maximum absolute atomic E-state index is 13.6. The van der Waals surface area contributed by atoms with E-state index in [2.05, 4.69) is 19.4 Å². The average molecular weight is 392 g/mol. The molecule has 4 rings (SSSR count). The number of ether oxygens (including phenoxy) is 3. The zero-order chi connectivity index (χ0) is 19.9. The second-order valence-corrected chi connectivity index (χ2v) is 6.02. The van der Waals surface area contributed by atoms with E-state index in [1.165, 1.54) is 30.6 Å². The number of fused-ring (bicyclic) bond motifs is 1. The summed E-state index contributed by atoms with van der Waals surface area (Å²) in [5, 5.41) is 0. The van der Waals surface area contributed by atoms with Crippen molar-refractivity contribution in [1.29, 1.82) is 0 Å². The maximum atomic E-state index is 13.6. The van der Waals surface area contributed by atoms with Gasteiger partial charge in [-0.25, -0.2) is 18.7 Å². The average Bonchev–Trinajstić information content (AvgIpc) is 2.94. The molecule has 0 saturated carbocycles. The largest absolute Gasteiger partial charge is 0.586 e. The molecule has 0 saturated heterocycles. The number of rotatable bonds is 4. The zero-order valence-corrected chi connectivity index (χ0v) is 14.4. The van der Waals surface area contributed by atoms with Crippen molar-refractivity contribution < 1.29 is 31.8 Å². The molecule has 0 fully saturated rings. The van der Waals surface area contributed by atoms with Crippen molar-refractivity contribution in [2.45, 2.75) is 19.8 Å². The van der Waals surface area contributed by atoms with Crippen molar-refractivity contribution in [3.05, 3.63) is 65.5 Å². The van der Waals surface area contributed by atoms with Crippen molar-refractivity contribution >= 4 is 0 Å². The van der Waals surface area contributed by atoms with Gasteiger partial charge in [-0.3, -0.25) is 0 Å². The minimum absolute atomic E-state index is 0.0564. The first-order chi connectivity index (χ1) is 13.3. The lowest BCUT2D eigenvalue weighted by Gasteiger charge is -2.09. The van der Waals surface area contributed by atoms with E-state index in [0.29, 0.717) is 16.7 Å². The lowest BCUT2D eigenvalue weighted by Crippen LogP contribution is -2.25. The molecule has 5 nitrogen and oxygen atoms in total. The number of hydrogen-bond donors (Lipinski definition) is 0. The highest BCUT2D eigenvalue weighted by Crippen LogP contribution is 2.44. The molecule has 0 radical (unpaired) electrons. The summed E-state index contributed by atoms with van der Waals surface area (Å²) in [6, 6.07) is 6.24. The summed E-state index contributed by atoms with van der Waals surface area (Å²) >= 11 is 0. The summed E-state index contributed by atoms with van der Waals surface area (Å²) in [7, 11) is 0. The predicted octanol–water partition coefficient (Wildman–Crippen LogP) is 4.63. The Balaban J connectivity index is 1.53. The molecule has 9 heteroatoms. The zero-order valence-electron chi connectivity index (χ0n) is 14.4. The highest BCUT2D eigenvalue weighted by Gasteiger charge is 2.43. The molecular formula is C19H12F4N2O3. The summed E-state index contributed by atoms with van der Waals surface area (Å²) in [6.45, 7) is 1.33. The first kappa shape index (κ1) is 18.0. The fourth-order valence-corrected chi connectivity index (χ4v) is 2.75. The lowest BCUT2D eigenvalue weighted by atomic mass is 10.0. The van der Waals surface area contributed by atoms with E-state index in [0.717, 1.165) is 12.1 Å². The fraction of sp³-hybridized carbons (Fsp3) is 0.158. The highest BCUT2D eigenvalue weighted by atomic mass is 19.3. The topological polar surface area (TPSA) is 53.5 Å². The van der Waals surface area contributed by atoms with Crippen LogP contribution in [0.25, 0.3) is 11.1 Å². The first-order valence-corrected chi connectivity index (χ1v) is 8.11. The van der Waals surface area contributed by atoms with E-state index in [-0.39, 0.29) is 29.7 Å². The van der Waals surface area contributed by atoms with Gasteiger partial charge in [-0.05, 0) is 42.3 Å². The van der Waals surface area contributed by atoms with Crippen molar-refractivity contribution in [2.75, 3.05) is 0 Å². The van der Waals surface area contributed by atoms with Crippen LogP contribution >= 0.6 is 0 Å². The molecule has 2 aromatic carbocycles. The Bertz CT molecular complexity index is 1020. The molecule has 0 amide bonds. The number of aromatic nitrogens is 2. The van der Waals surface area contributed by atoms with Crippen molar-refractivity contribution in [2.24, 2.45) is 0 Å². The molecule has 1 aromatic heterocycles. The Morgan fingerprint density at radius 2 is 1.61 bits per heavy atom. The molecule has 0 atom stereocenters. The number of nitrogens with zero attached hydrogens (tertiary/aromatic N) is 2. The first-order valence-electron chi connectivity index (χ1n) is 8.11. The van der Waals surface area contributed by atoms with Gasteiger partial charge in [0.25, 0.3) is 0 Å². The molecular weight excluding hydrogens is 380 g/mol.